The van der Waals surface area contributed by atoms with Gasteiger partial charge in [0.25, 0.3) is 0 Å². The summed E-state index contributed by atoms with van der Waals surface area (Å²) < 4.78 is 40.2. The quantitative estimate of drug-likeness (QED) is 0.876. The lowest BCUT2D eigenvalue weighted by Crippen LogP contribution is -2.17. The smallest absolute Gasteiger partial charge is 0.406 e. The minimum Gasteiger partial charge on any atom is -0.406 e. The zero-order valence-corrected chi connectivity index (χ0v) is 10.1. The van der Waals surface area contributed by atoms with Gasteiger partial charge in [0.15, 0.2) is 0 Å². The Labute approximate surface area is 104 Å². The van der Waals surface area contributed by atoms with Gasteiger partial charge in [-0.2, -0.15) is 0 Å². The fourth-order valence-corrected chi connectivity index (χ4v) is 2.15. The Morgan fingerprint density at radius 1 is 1.39 bits per heavy atom. The second-order valence-corrected chi connectivity index (χ2v) is 4.53. The van der Waals surface area contributed by atoms with E-state index in [-0.39, 0.29) is 5.75 Å². The van der Waals surface area contributed by atoms with Gasteiger partial charge < -0.3 is 10.1 Å². The van der Waals surface area contributed by atoms with Crippen molar-refractivity contribution < 1.29 is 17.9 Å². The van der Waals surface area contributed by atoms with Gasteiger partial charge in [-0.25, -0.2) is 0 Å². The Morgan fingerprint density at radius 2 is 2.17 bits per heavy atom. The average Bonchev–Trinajstić information content (AvgIpc) is 3.04. The van der Waals surface area contributed by atoms with Crippen molar-refractivity contribution in [2.24, 2.45) is 5.92 Å². The zero-order valence-electron chi connectivity index (χ0n) is 10.1. The predicted octanol–water partition coefficient (Wildman–Crippen LogP) is 3.30. The molecule has 100 valence electrons. The number of halogens is 3. The molecule has 1 aromatic carbocycles. The van der Waals surface area contributed by atoms with Gasteiger partial charge in [-0.05, 0) is 49.0 Å². The molecule has 1 N–H and O–H groups in total. The highest BCUT2D eigenvalue weighted by atomic mass is 19.4. The van der Waals surface area contributed by atoms with Crippen LogP contribution in [0.25, 0.3) is 0 Å². The standard InChI is InChI=1S/C13H16F3NO/c1-2-17-8-10-7-12(10)9-4-3-5-11(6-9)18-13(14,15)16/h3-6,10,12,17H,2,7-8H2,1H3. The van der Waals surface area contributed by atoms with Crippen molar-refractivity contribution in [1.82, 2.24) is 5.32 Å². The summed E-state index contributed by atoms with van der Waals surface area (Å²) in [6.07, 6.45) is -3.59. The molecule has 0 heterocycles. The molecule has 2 nitrogen and oxygen atoms in total. The summed E-state index contributed by atoms with van der Waals surface area (Å²) in [5.41, 5.74) is 0.930. The van der Waals surface area contributed by atoms with Gasteiger partial charge in [0.2, 0.25) is 0 Å². The largest absolute Gasteiger partial charge is 0.573 e. The molecule has 0 aliphatic heterocycles. The minimum atomic E-state index is -4.62. The maximum Gasteiger partial charge on any atom is 0.573 e. The fraction of sp³-hybridized carbons (Fsp3) is 0.538. The van der Waals surface area contributed by atoms with Crippen LogP contribution < -0.4 is 10.1 Å². The number of rotatable bonds is 5. The van der Waals surface area contributed by atoms with E-state index < -0.39 is 6.36 Å². The zero-order chi connectivity index (χ0) is 13.2. The molecule has 0 bridgehead atoms. The van der Waals surface area contributed by atoms with Crippen LogP contribution in [0.1, 0.15) is 24.8 Å². The van der Waals surface area contributed by atoms with Gasteiger partial charge in [-0.15, -0.1) is 13.2 Å². The van der Waals surface area contributed by atoms with E-state index in [0.29, 0.717) is 11.8 Å². The summed E-state index contributed by atoms with van der Waals surface area (Å²) in [5.74, 6) is 0.765. The average molecular weight is 259 g/mol. The van der Waals surface area contributed by atoms with Gasteiger partial charge >= 0.3 is 6.36 Å². The lowest BCUT2D eigenvalue weighted by atomic mass is 10.1. The first-order valence-corrected chi connectivity index (χ1v) is 6.06. The second-order valence-electron chi connectivity index (χ2n) is 4.53. The summed E-state index contributed by atoms with van der Waals surface area (Å²) in [6.45, 7) is 3.88. The van der Waals surface area contributed by atoms with E-state index in [0.717, 1.165) is 25.1 Å². The maximum absolute atomic E-state index is 12.1. The van der Waals surface area contributed by atoms with Crippen molar-refractivity contribution in [2.45, 2.75) is 25.6 Å². The highest BCUT2D eigenvalue weighted by Crippen LogP contribution is 2.47. The Morgan fingerprint density at radius 3 is 2.83 bits per heavy atom. The number of benzene rings is 1. The lowest BCUT2D eigenvalue weighted by Gasteiger charge is -2.10. The number of alkyl halides is 3. The van der Waals surface area contributed by atoms with E-state index >= 15 is 0 Å². The first-order valence-electron chi connectivity index (χ1n) is 6.06. The number of ether oxygens (including phenoxy) is 1. The molecule has 0 saturated heterocycles. The molecule has 0 spiro atoms. The van der Waals surface area contributed by atoms with Gasteiger partial charge in [-0.3, -0.25) is 0 Å². The van der Waals surface area contributed by atoms with Gasteiger partial charge in [0.1, 0.15) is 5.75 Å². The van der Waals surface area contributed by atoms with Crippen LogP contribution in [-0.2, 0) is 0 Å². The molecule has 5 heteroatoms. The molecule has 2 atom stereocenters. The number of hydrogen-bond donors (Lipinski definition) is 1. The third kappa shape index (κ3) is 3.63. The van der Waals surface area contributed by atoms with Crippen molar-refractivity contribution in [3.05, 3.63) is 29.8 Å². The molecule has 2 unspecified atom stereocenters. The molecule has 1 fully saturated rings. The van der Waals surface area contributed by atoms with Crippen LogP contribution in [0.3, 0.4) is 0 Å². The Kier molecular flexibility index (Phi) is 3.80. The first-order chi connectivity index (χ1) is 8.49. The monoisotopic (exact) mass is 259 g/mol. The number of hydrogen-bond acceptors (Lipinski definition) is 2. The topological polar surface area (TPSA) is 21.3 Å². The van der Waals surface area contributed by atoms with Crippen LogP contribution in [0.4, 0.5) is 13.2 Å². The van der Waals surface area contributed by atoms with E-state index in [1.165, 1.54) is 12.1 Å². The lowest BCUT2D eigenvalue weighted by molar-refractivity contribution is -0.274. The second kappa shape index (κ2) is 5.18. The van der Waals surface area contributed by atoms with Gasteiger partial charge in [-0.1, -0.05) is 19.1 Å². The molecule has 1 saturated carbocycles. The Hall–Kier alpha value is -1.23. The normalized spacial score (nSPS) is 22.9. The van der Waals surface area contributed by atoms with Gasteiger partial charge in [0, 0.05) is 0 Å². The predicted molar refractivity (Wildman–Crippen MR) is 62.5 cm³/mol. The van der Waals surface area contributed by atoms with Crippen LogP contribution in [0.15, 0.2) is 24.3 Å². The molecular formula is C13H16F3NO. The van der Waals surface area contributed by atoms with Crippen LogP contribution in [0, 0.1) is 5.92 Å². The molecule has 0 aromatic heterocycles. The van der Waals surface area contributed by atoms with Crippen LogP contribution in [0.5, 0.6) is 5.75 Å². The molecule has 1 aromatic rings. The molecule has 0 amide bonds. The van der Waals surface area contributed by atoms with E-state index in [4.69, 9.17) is 0 Å². The molecule has 2 rings (SSSR count). The van der Waals surface area contributed by atoms with E-state index in [2.05, 4.69) is 10.1 Å². The summed E-state index contributed by atoms with van der Waals surface area (Å²) >= 11 is 0. The van der Waals surface area contributed by atoms with Crippen molar-refractivity contribution in [1.29, 1.82) is 0 Å². The van der Waals surface area contributed by atoms with E-state index in [1.807, 2.05) is 13.0 Å². The highest BCUT2D eigenvalue weighted by molar-refractivity contribution is 5.34. The molecular weight excluding hydrogens is 243 g/mol. The first kappa shape index (κ1) is 13.2. The van der Waals surface area contributed by atoms with Crippen molar-refractivity contribution in [2.75, 3.05) is 13.1 Å². The molecule has 1 aliphatic rings. The van der Waals surface area contributed by atoms with E-state index in [1.54, 1.807) is 6.07 Å². The van der Waals surface area contributed by atoms with E-state index in [9.17, 15) is 13.2 Å². The third-order valence-corrected chi connectivity index (χ3v) is 3.10. The Bertz CT molecular complexity index is 405. The third-order valence-electron chi connectivity index (χ3n) is 3.10. The molecule has 0 radical (unpaired) electrons. The van der Waals surface area contributed by atoms with Crippen LogP contribution in [-0.4, -0.2) is 19.5 Å². The van der Waals surface area contributed by atoms with Crippen molar-refractivity contribution in [3.8, 4) is 5.75 Å². The Balaban J connectivity index is 1.97. The van der Waals surface area contributed by atoms with Crippen LogP contribution in [0.2, 0.25) is 0 Å². The molecule has 18 heavy (non-hydrogen) atoms. The summed E-state index contributed by atoms with van der Waals surface area (Å²) in [6, 6.07) is 6.29. The summed E-state index contributed by atoms with van der Waals surface area (Å²) in [4.78, 5) is 0. The van der Waals surface area contributed by atoms with Crippen molar-refractivity contribution >= 4 is 0 Å². The van der Waals surface area contributed by atoms with Gasteiger partial charge in [0.05, 0.1) is 0 Å². The summed E-state index contributed by atoms with van der Waals surface area (Å²) in [7, 11) is 0. The molecule has 1 aliphatic carbocycles. The summed E-state index contributed by atoms with van der Waals surface area (Å²) in [5, 5.41) is 3.25. The highest BCUT2D eigenvalue weighted by Gasteiger charge is 2.38. The van der Waals surface area contributed by atoms with Crippen LogP contribution >= 0.6 is 0 Å². The van der Waals surface area contributed by atoms with Crippen molar-refractivity contribution in [3.63, 3.8) is 0 Å². The minimum absolute atomic E-state index is 0.130. The maximum atomic E-state index is 12.1. The number of nitrogens with one attached hydrogen (secondary N) is 1. The fourth-order valence-electron chi connectivity index (χ4n) is 2.15. The SMILES string of the molecule is CCNCC1CC1c1cccc(OC(F)(F)F)c1.